The van der Waals surface area contributed by atoms with E-state index in [2.05, 4.69) is 45.0 Å². The average Bonchev–Trinajstić information content (AvgIpc) is 3.12. The van der Waals surface area contributed by atoms with Crippen LogP contribution in [0.1, 0.15) is 33.6 Å². The van der Waals surface area contributed by atoms with E-state index in [9.17, 15) is 9.90 Å². The lowest BCUT2D eigenvalue weighted by atomic mass is 9.71. The fourth-order valence-electron chi connectivity index (χ4n) is 5.35. The molecule has 0 amide bonds. The van der Waals surface area contributed by atoms with Crippen LogP contribution in [-0.2, 0) is 14.0 Å². The standard InChI is InChI=1S/C24H30O4Si/c1-23(2,3)22-19-14-21(26)28-24(19,15-20(22)25)16-27-29(17-10-6-4-7-11-17)18-12-8-5-9-13-18/h4-13,19-20,22,25,29H,14-16H2,1-3H3/t19-,20-,22-,24-/m1/s1. The van der Waals surface area contributed by atoms with Crippen LogP contribution in [0.4, 0.5) is 0 Å². The molecule has 0 aromatic heterocycles. The fraction of sp³-hybridized carbons (Fsp3) is 0.458. The second kappa shape index (κ2) is 7.71. The van der Waals surface area contributed by atoms with Crippen molar-refractivity contribution in [3.05, 3.63) is 60.7 Å². The highest BCUT2D eigenvalue weighted by molar-refractivity contribution is 6.80. The molecule has 1 aliphatic heterocycles. The number of carbonyl (C=O) groups excluding carboxylic acids is 1. The van der Waals surface area contributed by atoms with Crippen LogP contribution in [0.25, 0.3) is 0 Å². The quantitative estimate of drug-likeness (QED) is 0.607. The molecular formula is C24H30O4Si. The maximum atomic E-state index is 12.3. The zero-order valence-corrected chi connectivity index (χ0v) is 18.5. The van der Waals surface area contributed by atoms with Gasteiger partial charge in [0.1, 0.15) is 5.60 Å². The van der Waals surface area contributed by atoms with Crippen molar-refractivity contribution < 1.29 is 19.1 Å². The third-order valence-corrected chi connectivity index (χ3v) is 8.96. The minimum absolute atomic E-state index is 0.00815. The number of carbonyl (C=O) groups is 1. The second-order valence-electron chi connectivity index (χ2n) is 9.53. The van der Waals surface area contributed by atoms with Crippen LogP contribution in [0.5, 0.6) is 0 Å². The van der Waals surface area contributed by atoms with Crippen molar-refractivity contribution in [1.29, 1.82) is 0 Å². The smallest absolute Gasteiger partial charge is 0.306 e. The number of ether oxygens (including phenoxy) is 1. The first kappa shape index (κ1) is 20.3. The fourth-order valence-corrected chi connectivity index (χ4v) is 7.71. The monoisotopic (exact) mass is 410 g/mol. The van der Waals surface area contributed by atoms with Crippen molar-refractivity contribution in [1.82, 2.24) is 0 Å². The Balaban J connectivity index is 1.62. The third-order valence-electron chi connectivity index (χ3n) is 6.48. The van der Waals surface area contributed by atoms with Gasteiger partial charge in [0.25, 0.3) is 0 Å². The first-order valence-corrected chi connectivity index (χ1v) is 12.0. The van der Waals surface area contributed by atoms with Crippen molar-refractivity contribution in [3.8, 4) is 0 Å². The second-order valence-corrected chi connectivity index (χ2v) is 12.0. The van der Waals surface area contributed by atoms with Crippen molar-refractivity contribution in [2.24, 2.45) is 17.3 Å². The molecule has 29 heavy (non-hydrogen) atoms. The first-order chi connectivity index (χ1) is 13.8. The lowest BCUT2D eigenvalue weighted by Crippen LogP contribution is -2.49. The zero-order chi connectivity index (χ0) is 20.6. The van der Waals surface area contributed by atoms with E-state index in [-0.39, 0.29) is 23.2 Å². The number of esters is 1. The number of aliphatic hydroxyl groups excluding tert-OH is 1. The van der Waals surface area contributed by atoms with Crippen molar-refractivity contribution >= 4 is 25.4 Å². The summed E-state index contributed by atoms with van der Waals surface area (Å²) in [6.07, 6.45) is 0.339. The maximum Gasteiger partial charge on any atom is 0.306 e. The Hall–Kier alpha value is -1.95. The molecule has 0 spiro atoms. The van der Waals surface area contributed by atoms with Crippen LogP contribution >= 0.6 is 0 Å². The molecule has 154 valence electrons. The highest BCUT2D eigenvalue weighted by Gasteiger charge is 2.62. The van der Waals surface area contributed by atoms with Gasteiger partial charge in [0.2, 0.25) is 9.04 Å². The molecule has 1 heterocycles. The van der Waals surface area contributed by atoms with Gasteiger partial charge in [0.15, 0.2) is 0 Å². The molecule has 1 saturated heterocycles. The molecule has 1 saturated carbocycles. The van der Waals surface area contributed by atoms with Gasteiger partial charge in [0, 0.05) is 12.3 Å². The molecule has 2 aromatic carbocycles. The molecule has 0 bridgehead atoms. The van der Waals surface area contributed by atoms with Gasteiger partial charge in [-0.15, -0.1) is 0 Å². The van der Waals surface area contributed by atoms with E-state index in [1.807, 2.05) is 36.4 Å². The molecule has 2 fully saturated rings. The summed E-state index contributed by atoms with van der Waals surface area (Å²) < 4.78 is 12.5. The minimum atomic E-state index is -1.94. The van der Waals surface area contributed by atoms with Gasteiger partial charge in [-0.2, -0.15) is 0 Å². The van der Waals surface area contributed by atoms with E-state index >= 15 is 0 Å². The Bertz CT molecular complexity index is 809. The molecule has 0 unspecified atom stereocenters. The summed E-state index contributed by atoms with van der Waals surface area (Å²) in [4.78, 5) is 12.3. The molecule has 2 aromatic rings. The summed E-state index contributed by atoms with van der Waals surface area (Å²) in [6.45, 7) is 6.73. The minimum Gasteiger partial charge on any atom is -0.456 e. The third kappa shape index (κ3) is 3.91. The van der Waals surface area contributed by atoms with Crippen molar-refractivity contribution in [3.63, 3.8) is 0 Å². The molecule has 4 atom stereocenters. The van der Waals surface area contributed by atoms with E-state index in [4.69, 9.17) is 9.16 Å². The molecule has 1 aliphatic carbocycles. The number of hydrogen-bond acceptors (Lipinski definition) is 4. The summed E-state index contributed by atoms with van der Waals surface area (Å²) >= 11 is 0. The summed E-state index contributed by atoms with van der Waals surface area (Å²) in [6, 6.07) is 20.6. The Labute approximate surface area is 174 Å². The van der Waals surface area contributed by atoms with Crippen LogP contribution in [0.15, 0.2) is 60.7 Å². The number of rotatable bonds is 5. The van der Waals surface area contributed by atoms with E-state index in [0.717, 1.165) is 0 Å². The van der Waals surface area contributed by atoms with Crippen molar-refractivity contribution in [2.45, 2.75) is 45.3 Å². The Morgan fingerprint density at radius 2 is 1.62 bits per heavy atom. The molecular weight excluding hydrogens is 380 g/mol. The van der Waals surface area contributed by atoms with Gasteiger partial charge < -0.3 is 14.3 Å². The van der Waals surface area contributed by atoms with Crippen molar-refractivity contribution in [2.75, 3.05) is 6.61 Å². The van der Waals surface area contributed by atoms with Gasteiger partial charge >= 0.3 is 5.97 Å². The highest BCUT2D eigenvalue weighted by atomic mass is 28.3. The van der Waals surface area contributed by atoms with E-state index in [1.54, 1.807) is 0 Å². The van der Waals surface area contributed by atoms with Gasteiger partial charge in [-0.1, -0.05) is 81.4 Å². The van der Waals surface area contributed by atoms with Gasteiger partial charge in [-0.05, 0) is 21.7 Å². The topological polar surface area (TPSA) is 55.8 Å². The normalized spacial score (nSPS) is 29.1. The molecule has 1 N–H and O–H groups in total. The Kier molecular flexibility index (Phi) is 5.40. The lowest BCUT2D eigenvalue weighted by molar-refractivity contribution is -0.152. The van der Waals surface area contributed by atoms with E-state index in [0.29, 0.717) is 19.4 Å². The zero-order valence-electron chi connectivity index (χ0n) is 17.4. The number of hydrogen-bond donors (Lipinski definition) is 1. The largest absolute Gasteiger partial charge is 0.456 e. The van der Waals surface area contributed by atoms with E-state index < -0.39 is 20.7 Å². The summed E-state index contributed by atoms with van der Waals surface area (Å²) in [5.41, 5.74) is -0.821. The summed E-state index contributed by atoms with van der Waals surface area (Å²) in [7, 11) is -1.94. The molecule has 0 radical (unpaired) electrons. The Morgan fingerprint density at radius 1 is 1.07 bits per heavy atom. The molecule has 2 aliphatic rings. The summed E-state index contributed by atoms with van der Waals surface area (Å²) in [5.74, 6) is -0.158. The van der Waals surface area contributed by atoms with E-state index in [1.165, 1.54) is 10.4 Å². The number of fused-ring (bicyclic) bond motifs is 1. The highest BCUT2D eigenvalue weighted by Crippen LogP contribution is 2.55. The maximum absolute atomic E-state index is 12.3. The predicted octanol–water partition coefficient (Wildman–Crippen LogP) is 2.27. The van der Waals surface area contributed by atoms with Crippen LogP contribution in [-0.4, -0.2) is 38.4 Å². The van der Waals surface area contributed by atoms with Gasteiger partial charge in [-0.25, -0.2) is 0 Å². The molecule has 4 nitrogen and oxygen atoms in total. The van der Waals surface area contributed by atoms with Crippen LogP contribution in [0.3, 0.4) is 0 Å². The molecule has 4 rings (SSSR count). The predicted molar refractivity (Wildman–Crippen MR) is 116 cm³/mol. The van der Waals surface area contributed by atoms with Crippen LogP contribution in [0, 0.1) is 17.3 Å². The Morgan fingerprint density at radius 3 is 2.14 bits per heavy atom. The van der Waals surface area contributed by atoms with Crippen LogP contribution < -0.4 is 10.4 Å². The van der Waals surface area contributed by atoms with Gasteiger partial charge in [0.05, 0.1) is 19.1 Å². The number of benzene rings is 2. The number of aliphatic hydroxyl groups is 1. The van der Waals surface area contributed by atoms with Crippen LogP contribution in [0.2, 0.25) is 0 Å². The lowest BCUT2D eigenvalue weighted by Gasteiger charge is -2.35. The average molecular weight is 411 g/mol. The first-order valence-electron chi connectivity index (χ1n) is 10.4. The molecule has 5 heteroatoms. The SMILES string of the molecule is CC(C)(C)[C@H]1[C@H](O)C[C@]2(CO[SiH](c3ccccc3)c3ccccc3)OC(=O)C[C@H]12. The summed E-state index contributed by atoms with van der Waals surface area (Å²) in [5, 5.41) is 13.2. The van der Waals surface area contributed by atoms with Gasteiger partial charge in [-0.3, -0.25) is 4.79 Å².